The van der Waals surface area contributed by atoms with Crippen LogP contribution in [0.15, 0.2) is 0 Å². The third kappa shape index (κ3) is 4.55. The molecule has 0 bridgehead atoms. The second kappa shape index (κ2) is 5.29. The van der Waals surface area contributed by atoms with Crippen molar-refractivity contribution in [3.05, 3.63) is 0 Å². The van der Waals surface area contributed by atoms with Gasteiger partial charge in [0, 0.05) is 19.1 Å². The molecule has 0 aromatic rings. The van der Waals surface area contributed by atoms with Crippen molar-refractivity contribution in [2.75, 3.05) is 26.7 Å². The molecule has 0 radical (unpaired) electrons. The summed E-state index contributed by atoms with van der Waals surface area (Å²) in [5.41, 5.74) is 5.26. The van der Waals surface area contributed by atoms with Crippen molar-refractivity contribution in [3.63, 3.8) is 0 Å². The maximum absolute atomic E-state index is 11.3. The van der Waals surface area contributed by atoms with Gasteiger partial charge in [-0.25, -0.2) is 0 Å². The number of aliphatic hydroxyl groups is 1. The average molecular weight is 201 g/mol. The molecule has 82 valence electrons. The predicted octanol–water partition coefficient (Wildman–Crippen LogP) is -1.48. The number of nitrogens with one attached hydrogen (secondary N) is 1. The highest BCUT2D eigenvalue weighted by Gasteiger charge is 2.23. The van der Waals surface area contributed by atoms with Crippen LogP contribution < -0.4 is 11.1 Å². The lowest BCUT2D eigenvalue weighted by Gasteiger charge is -2.18. The van der Waals surface area contributed by atoms with E-state index >= 15 is 0 Å². The zero-order chi connectivity index (χ0) is 10.6. The maximum Gasteiger partial charge on any atom is 0.234 e. The summed E-state index contributed by atoms with van der Waals surface area (Å²) in [5, 5.41) is 12.1. The number of amides is 1. The zero-order valence-electron chi connectivity index (χ0n) is 8.57. The molecule has 4 N–H and O–H groups in total. The lowest BCUT2D eigenvalue weighted by molar-refractivity contribution is -0.122. The molecule has 0 aromatic carbocycles. The Morgan fingerprint density at radius 3 is 2.86 bits per heavy atom. The number of carbonyl (C=O) groups is 1. The first kappa shape index (κ1) is 11.4. The summed E-state index contributed by atoms with van der Waals surface area (Å²) in [7, 11) is 1.80. The van der Waals surface area contributed by atoms with Crippen molar-refractivity contribution in [3.8, 4) is 0 Å². The Kier molecular flexibility index (Phi) is 4.31. The van der Waals surface area contributed by atoms with E-state index in [-0.39, 0.29) is 12.5 Å². The predicted molar refractivity (Wildman–Crippen MR) is 53.7 cm³/mol. The summed E-state index contributed by atoms with van der Waals surface area (Å²) in [6.07, 6.45) is 1.65. The number of hydrogen-bond donors (Lipinski definition) is 3. The van der Waals surface area contributed by atoms with E-state index in [1.54, 1.807) is 11.9 Å². The fourth-order valence-electron chi connectivity index (χ4n) is 1.24. The van der Waals surface area contributed by atoms with Gasteiger partial charge in [-0.1, -0.05) is 0 Å². The SMILES string of the molecule is CN(CC(=O)NC1CC1)CC(O)CN. The van der Waals surface area contributed by atoms with Crippen LogP contribution in [-0.2, 0) is 4.79 Å². The summed E-state index contributed by atoms with van der Waals surface area (Å²) >= 11 is 0. The molecular weight excluding hydrogens is 182 g/mol. The molecule has 1 rings (SSSR count). The summed E-state index contributed by atoms with van der Waals surface area (Å²) in [6.45, 7) is 0.997. The lowest BCUT2D eigenvalue weighted by atomic mass is 10.3. The Hall–Kier alpha value is -0.650. The third-order valence-corrected chi connectivity index (χ3v) is 2.15. The monoisotopic (exact) mass is 201 g/mol. The number of rotatable bonds is 6. The zero-order valence-corrected chi connectivity index (χ0v) is 8.57. The molecule has 1 atom stereocenters. The van der Waals surface area contributed by atoms with Gasteiger partial charge in [-0.15, -0.1) is 0 Å². The molecule has 1 unspecified atom stereocenters. The molecule has 1 aliphatic rings. The van der Waals surface area contributed by atoms with Gasteiger partial charge in [0.15, 0.2) is 0 Å². The van der Waals surface area contributed by atoms with E-state index in [0.29, 0.717) is 19.1 Å². The van der Waals surface area contributed by atoms with Crippen LogP contribution >= 0.6 is 0 Å². The molecular formula is C9H19N3O2. The van der Waals surface area contributed by atoms with Gasteiger partial charge in [0.1, 0.15) is 0 Å². The minimum absolute atomic E-state index is 0.0271. The third-order valence-electron chi connectivity index (χ3n) is 2.15. The van der Waals surface area contributed by atoms with E-state index < -0.39 is 6.10 Å². The van der Waals surface area contributed by atoms with Gasteiger partial charge >= 0.3 is 0 Å². The fraction of sp³-hybridized carbons (Fsp3) is 0.889. The maximum atomic E-state index is 11.3. The van der Waals surface area contributed by atoms with Gasteiger partial charge < -0.3 is 16.2 Å². The first-order valence-corrected chi connectivity index (χ1v) is 4.98. The Balaban J connectivity index is 2.11. The Morgan fingerprint density at radius 1 is 1.71 bits per heavy atom. The molecule has 1 aliphatic carbocycles. The van der Waals surface area contributed by atoms with Crippen LogP contribution in [0.5, 0.6) is 0 Å². The molecule has 0 aromatic heterocycles. The molecule has 1 fully saturated rings. The van der Waals surface area contributed by atoms with E-state index in [0.717, 1.165) is 12.8 Å². The normalized spacial score (nSPS) is 18.3. The van der Waals surface area contributed by atoms with Crippen LogP contribution in [0.4, 0.5) is 0 Å². The highest BCUT2D eigenvalue weighted by molar-refractivity contribution is 5.78. The van der Waals surface area contributed by atoms with Crippen LogP contribution in [0.3, 0.4) is 0 Å². The highest BCUT2D eigenvalue weighted by atomic mass is 16.3. The van der Waals surface area contributed by atoms with Gasteiger partial charge in [0.25, 0.3) is 0 Å². The lowest BCUT2D eigenvalue weighted by Crippen LogP contribution is -2.41. The van der Waals surface area contributed by atoms with E-state index in [1.165, 1.54) is 0 Å². The number of likely N-dealkylation sites (N-methyl/N-ethyl adjacent to an activating group) is 1. The van der Waals surface area contributed by atoms with Crippen molar-refractivity contribution in [2.24, 2.45) is 5.73 Å². The molecule has 0 heterocycles. The minimum Gasteiger partial charge on any atom is -0.390 e. The van der Waals surface area contributed by atoms with Crippen LogP contribution in [0.2, 0.25) is 0 Å². The molecule has 0 aliphatic heterocycles. The molecule has 5 heteroatoms. The second-order valence-corrected chi connectivity index (χ2v) is 3.93. The molecule has 0 spiro atoms. The number of nitrogens with two attached hydrogens (primary N) is 1. The standard InChI is InChI=1S/C9H19N3O2/c1-12(5-8(13)4-10)6-9(14)11-7-2-3-7/h7-8,13H,2-6,10H2,1H3,(H,11,14). The summed E-state index contributed by atoms with van der Waals surface area (Å²) in [6, 6.07) is 0.398. The van der Waals surface area contributed by atoms with Crippen molar-refractivity contribution in [1.29, 1.82) is 0 Å². The molecule has 14 heavy (non-hydrogen) atoms. The quantitative estimate of drug-likeness (QED) is 0.489. The fourth-order valence-corrected chi connectivity index (χ4v) is 1.24. The van der Waals surface area contributed by atoms with E-state index in [4.69, 9.17) is 5.73 Å². The Labute approximate surface area is 84.3 Å². The number of nitrogens with zero attached hydrogens (tertiary/aromatic N) is 1. The molecule has 1 amide bonds. The molecule has 0 saturated heterocycles. The van der Waals surface area contributed by atoms with Crippen molar-refractivity contribution in [1.82, 2.24) is 10.2 Å². The molecule has 5 nitrogen and oxygen atoms in total. The summed E-state index contributed by atoms with van der Waals surface area (Å²) < 4.78 is 0. The number of carbonyl (C=O) groups excluding carboxylic acids is 1. The van der Waals surface area contributed by atoms with E-state index in [1.807, 2.05) is 0 Å². The first-order valence-electron chi connectivity index (χ1n) is 4.98. The largest absolute Gasteiger partial charge is 0.390 e. The smallest absolute Gasteiger partial charge is 0.234 e. The molecule has 1 saturated carbocycles. The minimum atomic E-state index is -0.547. The summed E-state index contributed by atoms with van der Waals surface area (Å²) in [5.74, 6) is 0.0271. The number of aliphatic hydroxyl groups excluding tert-OH is 1. The van der Waals surface area contributed by atoms with Crippen molar-refractivity contribution >= 4 is 5.91 Å². The highest BCUT2D eigenvalue weighted by Crippen LogP contribution is 2.18. The van der Waals surface area contributed by atoms with Crippen molar-refractivity contribution < 1.29 is 9.90 Å². The summed E-state index contributed by atoms with van der Waals surface area (Å²) in [4.78, 5) is 13.1. The van der Waals surface area contributed by atoms with Crippen LogP contribution in [0, 0.1) is 0 Å². The Bertz CT molecular complexity index is 194. The Morgan fingerprint density at radius 2 is 2.36 bits per heavy atom. The van der Waals surface area contributed by atoms with Gasteiger partial charge in [0.05, 0.1) is 12.6 Å². The van der Waals surface area contributed by atoms with Crippen LogP contribution in [0.1, 0.15) is 12.8 Å². The average Bonchev–Trinajstić information content (AvgIpc) is 2.87. The van der Waals surface area contributed by atoms with Crippen LogP contribution in [0.25, 0.3) is 0 Å². The van der Waals surface area contributed by atoms with Crippen molar-refractivity contribution in [2.45, 2.75) is 25.0 Å². The van der Waals surface area contributed by atoms with Gasteiger partial charge in [-0.05, 0) is 19.9 Å². The topological polar surface area (TPSA) is 78.6 Å². The van der Waals surface area contributed by atoms with Gasteiger partial charge in [-0.2, -0.15) is 0 Å². The van der Waals surface area contributed by atoms with E-state index in [2.05, 4.69) is 5.32 Å². The second-order valence-electron chi connectivity index (χ2n) is 3.93. The van der Waals surface area contributed by atoms with E-state index in [9.17, 15) is 9.90 Å². The van der Waals surface area contributed by atoms with Crippen LogP contribution in [-0.4, -0.2) is 54.7 Å². The first-order chi connectivity index (χ1) is 6.61. The van der Waals surface area contributed by atoms with Gasteiger partial charge in [-0.3, -0.25) is 9.69 Å². The van der Waals surface area contributed by atoms with Gasteiger partial charge in [0.2, 0.25) is 5.91 Å². The number of hydrogen-bond acceptors (Lipinski definition) is 4.